The molecule has 0 bridgehead atoms. The first-order chi connectivity index (χ1) is 8.99. The van der Waals surface area contributed by atoms with Crippen molar-refractivity contribution >= 4 is 50.7 Å². The lowest BCUT2D eigenvalue weighted by molar-refractivity contribution is 0.102. The second-order valence-electron chi connectivity index (χ2n) is 3.99. The second-order valence-corrected chi connectivity index (χ2v) is 5.69. The fourth-order valence-corrected chi connectivity index (χ4v) is 2.64. The van der Waals surface area contributed by atoms with Gasteiger partial charge in [-0.3, -0.25) is 4.79 Å². The second kappa shape index (κ2) is 5.95. The Morgan fingerprint density at radius 3 is 2.63 bits per heavy atom. The average molecular weight is 359 g/mol. The van der Waals surface area contributed by atoms with Crippen LogP contribution in [0.3, 0.4) is 0 Å². The quantitative estimate of drug-likeness (QED) is 0.773. The van der Waals surface area contributed by atoms with Crippen molar-refractivity contribution in [2.75, 3.05) is 5.32 Å². The molecule has 0 unspecified atom stereocenters. The lowest BCUT2D eigenvalue weighted by Gasteiger charge is -2.10. The summed E-state index contributed by atoms with van der Waals surface area (Å²) in [6, 6.07) is 10.4. The summed E-state index contributed by atoms with van der Waals surface area (Å²) in [5.41, 5.74) is 2.05. The Labute approximate surface area is 129 Å². The van der Waals surface area contributed by atoms with Crippen LogP contribution in [-0.4, -0.2) is 5.91 Å². The number of halogens is 3. The first-order valence-corrected chi connectivity index (χ1v) is 7.05. The van der Waals surface area contributed by atoms with E-state index < -0.39 is 0 Å². The van der Waals surface area contributed by atoms with Crippen LogP contribution in [0.4, 0.5) is 5.69 Å². The molecular formula is C14H10BrCl2NO. The topological polar surface area (TPSA) is 29.1 Å². The molecule has 0 spiro atoms. The van der Waals surface area contributed by atoms with Gasteiger partial charge in [-0.15, -0.1) is 0 Å². The van der Waals surface area contributed by atoms with Crippen LogP contribution < -0.4 is 5.32 Å². The molecule has 1 amide bonds. The van der Waals surface area contributed by atoms with E-state index in [1.165, 1.54) is 0 Å². The maximum atomic E-state index is 12.2. The van der Waals surface area contributed by atoms with E-state index in [-0.39, 0.29) is 5.91 Å². The van der Waals surface area contributed by atoms with Crippen molar-refractivity contribution in [3.05, 3.63) is 62.0 Å². The highest BCUT2D eigenvalue weighted by atomic mass is 79.9. The number of amides is 1. The molecule has 0 aliphatic carbocycles. The van der Waals surface area contributed by atoms with Crippen LogP contribution in [0.15, 0.2) is 40.9 Å². The molecule has 98 valence electrons. The molecule has 2 aromatic rings. The van der Waals surface area contributed by atoms with Crippen molar-refractivity contribution < 1.29 is 4.79 Å². The molecule has 1 N–H and O–H groups in total. The summed E-state index contributed by atoms with van der Waals surface area (Å²) in [7, 11) is 0. The Morgan fingerprint density at radius 2 is 1.95 bits per heavy atom. The Morgan fingerprint density at radius 1 is 1.21 bits per heavy atom. The standard InChI is InChI=1S/C14H10BrCl2NO/c1-8-12(17)3-2-4-13(8)18-14(19)10-6-5-9(16)7-11(10)15/h2-7H,1H3,(H,18,19). The van der Waals surface area contributed by atoms with E-state index >= 15 is 0 Å². The number of rotatable bonds is 2. The molecule has 5 heteroatoms. The van der Waals surface area contributed by atoms with Crippen molar-refractivity contribution in [1.82, 2.24) is 0 Å². The molecule has 0 saturated heterocycles. The van der Waals surface area contributed by atoms with Crippen molar-refractivity contribution in [2.24, 2.45) is 0 Å². The maximum Gasteiger partial charge on any atom is 0.256 e. The number of carbonyl (C=O) groups is 1. The van der Waals surface area contributed by atoms with E-state index in [2.05, 4.69) is 21.2 Å². The number of anilines is 1. The molecule has 2 aromatic carbocycles. The molecule has 2 rings (SSSR count). The predicted molar refractivity (Wildman–Crippen MR) is 83.3 cm³/mol. The average Bonchev–Trinajstić information content (AvgIpc) is 2.34. The number of benzene rings is 2. The monoisotopic (exact) mass is 357 g/mol. The smallest absolute Gasteiger partial charge is 0.256 e. The molecule has 0 fully saturated rings. The highest BCUT2D eigenvalue weighted by Crippen LogP contribution is 2.26. The SMILES string of the molecule is Cc1c(Cl)cccc1NC(=O)c1ccc(Cl)cc1Br. The maximum absolute atomic E-state index is 12.2. The van der Waals surface area contributed by atoms with Crippen LogP contribution in [0.2, 0.25) is 10.0 Å². The first kappa shape index (κ1) is 14.4. The summed E-state index contributed by atoms with van der Waals surface area (Å²) in [6.45, 7) is 1.86. The van der Waals surface area contributed by atoms with Gasteiger partial charge in [-0.2, -0.15) is 0 Å². The van der Waals surface area contributed by atoms with E-state index in [1.54, 1.807) is 30.3 Å². The molecule has 0 aromatic heterocycles. The van der Waals surface area contributed by atoms with Gasteiger partial charge in [-0.05, 0) is 58.7 Å². The summed E-state index contributed by atoms with van der Waals surface area (Å²) in [6.07, 6.45) is 0. The van der Waals surface area contributed by atoms with Gasteiger partial charge >= 0.3 is 0 Å². The van der Waals surface area contributed by atoms with Crippen LogP contribution in [0.5, 0.6) is 0 Å². The number of carbonyl (C=O) groups excluding carboxylic acids is 1. The highest BCUT2D eigenvalue weighted by molar-refractivity contribution is 9.10. The minimum atomic E-state index is -0.214. The molecule has 0 aliphatic heterocycles. The predicted octanol–water partition coefficient (Wildman–Crippen LogP) is 5.32. The summed E-state index contributed by atoms with van der Waals surface area (Å²) >= 11 is 15.2. The minimum absolute atomic E-state index is 0.214. The van der Waals surface area contributed by atoms with Gasteiger partial charge in [0.05, 0.1) is 5.56 Å². The van der Waals surface area contributed by atoms with Crippen molar-refractivity contribution in [3.8, 4) is 0 Å². The molecule has 0 atom stereocenters. The third-order valence-electron chi connectivity index (χ3n) is 2.69. The molecule has 0 aliphatic rings. The molecule has 0 saturated carbocycles. The first-order valence-electron chi connectivity index (χ1n) is 5.50. The van der Waals surface area contributed by atoms with Crippen molar-refractivity contribution in [2.45, 2.75) is 6.92 Å². The highest BCUT2D eigenvalue weighted by Gasteiger charge is 2.12. The molecule has 0 radical (unpaired) electrons. The molecule has 19 heavy (non-hydrogen) atoms. The Bertz CT molecular complexity index is 643. The molecule has 0 heterocycles. The van der Waals surface area contributed by atoms with Crippen molar-refractivity contribution in [3.63, 3.8) is 0 Å². The van der Waals surface area contributed by atoms with E-state index in [0.29, 0.717) is 25.8 Å². The van der Waals surface area contributed by atoms with E-state index in [9.17, 15) is 4.79 Å². The van der Waals surface area contributed by atoms with Crippen LogP contribution in [-0.2, 0) is 0 Å². The summed E-state index contributed by atoms with van der Waals surface area (Å²) in [4.78, 5) is 12.2. The molecular weight excluding hydrogens is 349 g/mol. The lowest BCUT2D eigenvalue weighted by atomic mass is 10.1. The number of hydrogen-bond acceptors (Lipinski definition) is 1. The van der Waals surface area contributed by atoms with Gasteiger partial charge in [0, 0.05) is 20.2 Å². The molecule has 2 nitrogen and oxygen atoms in total. The normalized spacial score (nSPS) is 10.3. The summed E-state index contributed by atoms with van der Waals surface area (Å²) < 4.78 is 0.650. The third-order valence-corrected chi connectivity index (χ3v) is 3.99. The fourth-order valence-electron chi connectivity index (χ4n) is 1.61. The Hall–Kier alpha value is -1.03. The van der Waals surface area contributed by atoms with Gasteiger partial charge in [-0.1, -0.05) is 29.3 Å². The van der Waals surface area contributed by atoms with Crippen LogP contribution in [0.25, 0.3) is 0 Å². The van der Waals surface area contributed by atoms with E-state index in [4.69, 9.17) is 23.2 Å². The zero-order valence-corrected chi connectivity index (χ0v) is 13.1. The van der Waals surface area contributed by atoms with Gasteiger partial charge in [0.1, 0.15) is 0 Å². The van der Waals surface area contributed by atoms with Gasteiger partial charge in [0.15, 0.2) is 0 Å². The Kier molecular flexibility index (Phi) is 4.50. The Balaban J connectivity index is 2.28. The zero-order chi connectivity index (χ0) is 14.0. The zero-order valence-electron chi connectivity index (χ0n) is 10.0. The summed E-state index contributed by atoms with van der Waals surface area (Å²) in [5, 5.41) is 4.02. The van der Waals surface area contributed by atoms with Crippen LogP contribution in [0.1, 0.15) is 15.9 Å². The van der Waals surface area contributed by atoms with Crippen LogP contribution >= 0.6 is 39.1 Å². The van der Waals surface area contributed by atoms with Gasteiger partial charge in [-0.25, -0.2) is 0 Å². The van der Waals surface area contributed by atoms with E-state index in [0.717, 1.165) is 5.56 Å². The lowest BCUT2D eigenvalue weighted by Crippen LogP contribution is -2.13. The minimum Gasteiger partial charge on any atom is -0.322 e. The largest absolute Gasteiger partial charge is 0.322 e. The number of hydrogen-bond donors (Lipinski definition) is 1. The van der Waals surface area contributed by atoms with Gasteiger partial charge in [0.2, 0.25) is 0 Å². The fraction of sp³-hybridized carbons (Fsp3) is 0.0714. The van der Waals surface area contributed by atoms with E-state index in [1.807, 2.05) is 13.0 Å². The van der Waals surface area contributed by atoms with Crippen LogP contribution in [0, 0.1) is 6.92 Å². The number of nitrogens with one attached hydrogen (secondary N) is 1. The summed E-state index contributed by atoms with van der Waals surface area (Å²) in [5.74, 6) is -0.214. The van der Waals surface area contributed by atoms with Crippen molar-refractivity contribution in [1.29, 1.82) is 0 Å². The van der Waals surface area contributed by atoms with Gasteiger partial charge in [0.25, 0.3) is 5.91 Å². The third kappa shape index (κ3) is 3.30. The van der Waals surface area contributed by atoms with Gasteiger partial charge < -0.3 is 5.32 Å².